The quantitative estimate of drug-likeness (QED) is 0.299. The molecular weight excluding hydrogens is 358 g/mol. The van der Waals surface area contributed by atoms with E-state index in [1.54, 1.807) is 4.80 Å². The average molecular weight is 400 g/mol. The maximum Gasteiger partial charge on any atom is 0.0966 e. The second-order valence-corrected chi connectivity index (χ2v) is 9.89. The van der Waals surface area contributed by atoms with Crippen LogP contribution in [0.1, 0.15) is 103 Å². The molecule has 0 fully saturated rings. The Bertz CT molecular complexity index is 423. The third kappa shape index (κ3) is 9.68. The summed E-state index contributed by atoms with van der Waals surface area (Å²) in [5.74, 6) is 2.04. The minimum Gasteiger partial charge on any atom is -0.187 e. The van der Waals surface area contributed by atoms with Crippen LogP contribution in [-0.4, -0.2) is 25.5 Å². The monoisotopic (exact) mass is 399 g/mol. The topological polar surface area (TPSA) is 30.7 Å². The predicted octanol–water partition coefficient (Wildman–Crippen LogP) is 7.00. The van der Waals surface area contributed by atoms with Gasteiger partial charge in [-0.3, -0.25) is 0 Å². The van der Waals surface area contributed by atoms with Gasteiger partial charge in [-0.1, -0.05) is 66.2 Å². The van der Waals surface area contributed by atoms with E-state index in [1.807, 2.05) is 7.05 Å². The summed E-state index contributed by atoms with van der Waals surface area (Å²) >= 11 is 4.20. The van der Waals surface area contributed by atoms with Gasteiger partial charge in [0.1, 0.15) is 0 Å². The summed E-state index contributed by atoms with van der Waals surface area (Å²) in [6, 6.07) is 0. The van der Waals surface area contributed by atoms with Crippen molar-refractivity contribution in [1.29, 1.82) is 0 Å². The van der Waals surface area contributed by atoms with Crippen molar-refractivity contribution in [1.82, 2.24) is 15.0 Å². The van der Waals surface area contributed by atoms with Crippen molar-refractivity contribution >= 4 is 23.5 Å². The Morgan fingerprint density at radius 3 is 1.46 bits per heavy atom. The number of aryl methyl sites for hydroxylation is 1. The molecule has 0 aliphatic heterocycles. The Balaban J connectivity index is 2.59. The summed E-state index contributed by atoms with van der Waals surface area (Å²) in [5.41, 5.74) is 2.43. The van der Waals surface area contributed by atoms with Gasteiger partial charge in [-0.15, -0.1) is 0 Å². The van der Waals surface area contributed by atoms with E-state index in [-0.39, 0.29) is 0 Å². The SMILES string of the molecule is CCCCC(CCC)SCc1nn(C)nc1CSC(CCC)CCCC. The van der Waals surface area contributed by atoms with Crippen molar-refractivity contribution in [3.63, 3.8) is 0 Å². The minimum atomic E-state index is 0.778. The van der Waals surface area contributed by atoms with E-state index in [0.717, 1.165) is 22.0 Å². The summed E-state index contributed by atoms with van der Waals surface area (Å²) in [7, 11) is 1.96. The highest BCUT2D eigenvalue weighted by Gasteiger charge is 2.16. The van der Waals surface area contributed by atoms with E-state index in [2.05, 4.69) is 61.4 Å². The van der Waals surface area contributed by atoms with Crippen molar-refractivity contribution in [2.24, 2.45) is 7.05 Å². The van der Waals surface area contributed by atoms with Crippen LogP contribution in [0.25, 0.3) is 0 Å². The number of thioether (sulfide) groups is 2. The molecule has 0 aliphatic carbocycles. The Hall–Kier alpha value is -0.160. The largest absolute Gasteiger partial charge is 0.187 e. The third-order valence-corrected chi connectivity index (χ3v) is 7.52. The van der Waals surface area contributed by atoms with E-state index >= 15 is 0 Å². The first-order valence-corrected chi connectivity index (χ1v) is 12.9. The van der Waals surface area contributed by atoms with Gasteiger partial charge in [0.2, 0.25) is 0 Å². The first-order chi connectivity index (χ1) is 12.6. The highest BCUT2D eigenvalue weighted by Crippen LogP contribution is 2.29. The third-order valence-electron chi connectivity index (χ3n) is 4.76. The minimum absolute atomic E-state index is 0.778. The molecule has 0 radical (unpaired) electrons. The molecular formula is C21H41N3S2. The second-order valence-electron chi connectivity index (χ2n) is 7.31. The van der Waals surface area contributed by atoms with Gasteiger partial charge in [0, 0.05) is 29.1 Å². The standard InChI is InChI=1S/C21H41N3S2/c1-6-10-14-18(12-8-3)25-16-20-21(23-24(5)22-20)17-26-19(13-9-4)15-11-7-2/h18-19H,6-17H2,1-5H3. The first kappa shape index (κ1) is 23.9. The van der Waals surface area contributed by atoms with Gasteiger partial charge < -0.3 is 0 Å². The highest BCUT2D eigenvalue weighted by atomic mass is 32.2. The summed E-state index contributed by atoms with van der Waals surface area (Å²) in [6.45, 7) is 9.18. The van der Waals surface area contributed by atoms with Crippen molar-refractivity contribution in [2.45, 2.75) is 114 Å². The molecule has 0 aromatic carbocycles. The van der Waals surface area contributed by atoms with E-state index in [0.29, 0.717) is 0 Å². The molecule has 0 aliphatic rings. The molecule has 2 atom stereocenters. The Morgan fingerprint density at radius 1 is 0.692 bits per heavy atom. The van der Waals surface area contributed by atoms with Gasteiger partial charge in [-0.25, -0.2) is 0 Å². The van der Waals surface area contributed by atoms with Crippen molar-refractivity contribution in [3.05, 3.63) is 11.4 Å². The van der Waals surface area contributed by atoms with Crippen LogP contribution in [0.3, 0.4) is 0 Å². The molecule has 5 heteroatoms. The number of unbranched alkanes of at least 4 members (excludes halogenated alkanes) is 2. The van der Waals surface area contributed by atoms with Gasteiger partial charge in [0.05, 0.1) is 11.4 Å². The van der Waals surface area contributed by atoms with Crippen LogP contribution in [0.15, 0.2) is 0 Å². The van der Waals surface area contributed by atoms with E-state index in [9.17, 15) is 0 Å². The first-order valence-electron chi connectivity index (χ1n) is 10.8. The smallest absolute Gasteiger partial charge is 0.0966 e. The second kappa shape index (κ2) is 14.8. The molecule has 1 rings (SSSR count). The highest BCUT2D eigenvalue weighted by molar-refractivity contribution is 7.99. The summed E-state index contributed by atoms with van der Waals surface area (Å²) in [4.78, 5) is 1.77. The zero-order chi connectivity index (χ0) is 19.2. The van der Waals surface area contributed by atoms with Crippen LogP contribution in [0, 0.1) is 0 Å². The molecule has 0 bridgehead atoms. The van der Waals surface area contributed by atoms with Crippen LogP contribution >= 0.6 is 23.5 Å². The molecule has 1 aromatic heterocycles. The lowest BCUT2D eigenvalue weighted by Crippen LogP contribution is -2.05. The summed E-state index contributed by atoms with van der Waals surface area (Å²) < 4.78 is 0. The molecule has 26 heavy (non-hydrogen) atoms. The molecule has 0 saturated carbocycles. The average Bonchev–Trinajstić information content (AvgIpc) is 2.99. The summed E-state index contributed by atoms with van der Waals surface area (Å²) in [5, 5.41) is 10.9. The van der Waals surface area contributed by atoms with E-state index < -0.39 is 0 Å². The number of rotatable bonds is 16. The molecule has 3 nitrogen and oxygen atoms in total. The van der Waals surface area contributed by atoms with E-state index in [1.165, 1.54) is 75.6 Å². The van der Waals surface area contributed by atoms with Crippen molar-refractivity contribution < 1.29 is 0 Å². The van der Waals surface area contributed by atoms with Gasteiger partial charge in [0.25, 0.3) is 0 Å². The van der Waals surface area contributed by atoms with Crippen LogP contribution in [0.2, 0.25) is 0 Å². The van der Waals surface area contributed by atoms with Gasteiger partial charge in [-0.2, -0.15) is 38.5 Å². The maximum atomic E-state index is 4.68. The van der Waals surface area contributed by atoms with Crippen LogP contribution in [0.5, 0.6) is 0 Å². The lowest BCUT2D eigenvalue weighted by atomic mass is 10.1. The summed E-state index contributed by atoms with van der Waals surface area (Å²) in [6.07, 6.45) is 13.2. The fraction of sp³-hybridized carbons (Fsp3) is 0.905. The van der Waals surface area contributed by atoms with Gasteiger partial charge in [0.15, 0.2) is 0 Å². The molecule has 0 N–H and O–H groups in total. The molecule has 0 spiro atoms. The molecule has 0 saturated heterocycles. The number of nitrogens with zero attached hydrogens (tertiary/aromatic N) is 3. The number of hydrogen-bond acceptors (Lipinski definition) is 4. The van der Waals surface area contributed by atoms with Crippen LogP contribution < -0.4 is 0 Å². The Labute approximate surface area is 170 Å². The molecule has 2 unspecified atom stereocenters. The maximum absolute atomic E-state index is 4.68. The fourth-order valence-electron chi connectivity index (χ4n) is 3.23. The Morgan fingerprint density at radius 2 is 1.12 bits per heavy atom. The number of aromatic nitrogens is 3. The predicted molar refractivity (Wildman–Crippen MR) is 120 cm³/mol. The lowest BCUT2D eigenvalue weighted by molar-refractivity contribution is 0.635. The molecule has 1 aromatic rings. The van der Waals surface area contributed by atoms with Gasteiger partial charge >= 0.3 is 0 Å². The Kier molecular flexibility index (Phi) is 13.6. The fourth-order valence-corrected chi connectivity index (χ4v) is 5.94. The zero-order valence-electron chi connectivity index (χ0n) is 17.8. The molecule has 152 valence electrons. The lowest BCUT2D eigenvalue weighted by Gasteiger charge is -2.16. The van der Waals surface area contributed by atoms with Gasteiger partial charge in [-0.05, 0) is 25.7 Å². The molecule has 1 heterocycles. The number of hydrogen-bond donors (Lipinski definition) is 0. The zero-order valence-corrected chi connectivity index (χ0v) is 19.4. The normalized spacial score (nSPS) is 13.9. The van der Waals surface area contributed by atoms with Crippen molar-refractivity contribution in [2.75, 3.05) is 0 Å². The van der Waals surface area contributed by atoms with Crippen LogP contribution in [-0.2, 0) is 18.6 Å². The molecule has 0 amide bonds. The van der Waals surface area contributed by atoms with E-state index in [4.69, 9.17) is 0 Å². The van der Waals surface area contributed by atoms with Crippen molar-refractivity contribution in [3.8, 4) is 0 Å². The van der Waals surface area contributed by atoms with Crippen LogP contribution in [0.4, 0.5) is 0 Å².